The Balaban J connectivity index is 1.81. The lowest BCUT2D eigenvalue weighted by Gasteiger charge is -2.29. The predicted octanol–water partition coefficient (Wildman–Crippen LogP) is 2.11. The van der Waals surface area contributed by atoms with Gasteiger partial charge in [0.25, 0.3) is 0 Å². The summed E-state index contributed by atoms with van der Waals surface area (Å²) in [7, 11) is 3.49. The number of aromatic nitrogens is 2. The molecule has 7 nitrogen and oxygen atoms in total. The molecule has 23 heavy (non-hydrogen) atoms. The van der Waals surface area contributed by atoms with E-state index in [1.165, 1.54) is 6.33 Å². The van der Waals surface area contributed by atoms with E-state index in [0.717, 1.165) is 49.2 Å². The van der Waals surface area contributed by atoms with Gasteiger partial charge in [-0.3, -0.25) is 0 Å². The molecule has 0 amide bonds. The van der Waals surface area contributed by atoms with Gasteiger partial charge in [-0.2, -0.15) is 0 Å². The first-order valence-corrected chi connectivity index (χ1v) is 7.57. The van der Waals surface area contributed by atoms with E-state index in [2.05, 4.69) is 31.6 Å². The monoisotopic (exact) mass is 315 g/mol. The average molecular weight is 315 g/mol. The standard InChI is InChI=1S/C16H21N5O2/c1-17-15-10-16(19-11-18-15)20-13-4-3-12(9-14(13)22-2)21-5-7-23-8-6-21/h3-4,9-11H,5-8H2,1-2H3,(H2,17,18,19,20). The van der Waals surface area contributed by atoms with Crippen LogP contribution >= 0.6 is 0 Å². The number of anilines is 4. The molecule has 1 aromatic heterocycles. The molecule has 2 heterocycles. The van der Waals surface area contributed by atoms with Gasteiger partial charge in [0.2, 0.25) is 0 Å². The average Bonchev–Trinajstić information content (AvgIpc) is 2.63. The third-order valence-electron chi connectivity index (χ3n) is 3.75. The fourth-order valence-corrected chi connectivity index (χ4v) is 2.50. The van der Waals surface area contributed by atoms with Crippen LogP contribution in [0.25, 0.3) is 0 Å². The van der Waals surface area contributed by atoms with E-state index in [4.69, 9.17) is 9.47 Å². The molecule has 1 aromatic carbocycles. The van der Waals surface area contributed by atoms with Gasteiger partial charge in [-0.1, -0.05) is 0 Å². The van der Waals surface area contributed by atoms with E-state index in [1.807, 2.05) is 25.2 Å². The molecule has 122 valence electrons. The van der Waals surface area contributed by atoms with Crippen molar-refractivity contribution < 1.29 is 9.47 Å². The first-order valence-electron chi connectivity index (χ1n) is 7.57. The van der Waals surface area contributed by atoms with Crippen molar-refractivity contribution in [3.63, 3.8) is 0 Å². The Hall–Kier alpha value is -2.54. The maximum Gasteiger partial charge on any atom is 0.144 e. The summed E-state index contributed by atoms with van der Waals surface area (Å²) in [5.41, 5.74) is 2.00. The van der Waals surface area contributed by atoms with Crippen molar-refractivity contribution in [2.75, 3.05) is 56.0 Å². The van der Waals surface area contributed by atoms with Crippen molar-refractivity contribution in [2.45, 2.75) is 0 Å². The largest absolute Gasteiger partial charge is 0.494 e. The van der Waals surface area contributed by atoms with Gasteiger partial charge < -0.3 is 25.0 Å². The van der Waals surface area contributed by atoms with Gasteiger partial charge in [-0.15, -0.1) is 0 Å². The highest BCUT2D eigenvalue weighted by Crippen LogP contribution is 2.32. The quantitative estimate of drug-likeness (QED) is 0.875. The molecule has 0 spiro atoms. The zero-order valence-electron chi connectivity index (χ0n) is 13.4. The van der Waals surface area contributed by atoms with Crippen LogP contribution in [0.2, 0.25) is 0 Å². The van der Waals surface area contributed by atoms with E-state index < -0.39 is 0 Å². The smallest absolute Gasteiger partial charge is 0.144 e. The Labute approximate surface area is 135 Å². The number of hydrogen-bond acceptors (Lipinski definition) is 7. The fourth-order valence-electron chi connectivity index (χ4n) is 2.50. The molecule has 0 unspecified atom stereocenters. The summed E-state index contributed by atoms with van der Waals surface area (Å²) in [6.45, 7) is 3.31. The highest BCUT2D eigenvalue weighted by Gasteiger charge is 2.14. The number of hydrogen-bond donors (Lipinski definition) is 2. The van der Waals surface area contributed by atoms with Gasteiger partial charge in [-0.05, 0) is 12.1 Å². The molecule has 1 fully saturated rings. The molecule has 0 bridgehead atoms. The molecule has 0 radical (unpaired) electrons. The third-order valence-corrected chi connectivity index (χ3v) is 3.75. The number of benzene rings is 1. The lowest BCUT2D eigenvalue weighted by Crippen LogP contribution is -2.36. The van der Waals surface area contributed by atoms with Gasteiger partial charge in [0.1, 0.15) is 23.7 Å². The molecule has 0 aliphatic carbocycles. The van der Waals surface area contributed by atoms with Crippen molar-refractivity contribution in [3.05, 3.63) is 30.6 Å². The van der Waals surface area contributed by atoms with E-state index >= 15 is 0 Å². The van der Waals surface area contributed by atoms with Crippen LogP contribution in [0.4, 0.5) is 23.0 Å². The topological polar surface area (TPSA) is 71.5 Å². The summed E-state index contributed by atoms with van der Waals surface area (Å²) in [5, 5.41) is 6.26. The summed E-state index contributed by atoms with van der Waals surface area (Å²) in [5.74, 6) is 2.24. The SMILES string of the molecule is CNc1cc(Nc2ccc(N3CCOCC3)cc2OC)ncn1. The Morgan fingerprint density at radius 2 is 1.91 bits per heavy atom. The molecular weight excluding hydrogens is 294 g/mol. The summed E-state index contributed by atoms with van der Waals surface area (Å²) >= 11 is 0. The minimum atomic E-state index is 0.710. The van der Waals surface area contributed by atoms with Gasteiger partial charge >= 0.3 is 0 Å². The van der Waals surface area contributed by atoms with Crippen LogP contribution < -0.4 is 20.3 Å². The Morgan fingerprint density at radius 3 is 2.65 bits per heavy atom. The first kappa shape index (κ1) is 15.4. The zero-order valence-corrected chi connectivity index (χ0v) is 13.4. The van der Waals surface area contributed by atoms with Crippen molar-refractivity contribution in [1.29, 1.82) is 0 Å². The number of methoxy groups -OCH3 is 1. The highest BCUT2D eigenvalue weighted by molar-refractivity contribution is 5.69. The minimum Gasteiger partial charge on any atom is -0.494 e. The van der Waals surface area contributed by atoms with Crippen LogP contribution in [-0.4, -0.2) is 50.4 Å². The number of nitrogens with one attached hydrogen (secondary N) is 2. The maximum atomic E-state index is 5.53. The van der Waals surface area contributed by atoms with E-state index in [-0.39, 0.29) is 0 Å². The molecular formula is C16H21N5O2. The Bertz CT molecular complexity index is 659. The normalized spacial score (nSPS) is 14.4. The molecule has 7 heteroatoms. The zero-order chi connectivity index (χ0) is 16.1. The summed E-state index contributed by atoms with van der Waals surface area (Å²) in [4.78, 5) is 10.6. The molecule has 3 rings (SSSR count). The molecule has 0 atom stereocenters. The van der Waals surface area contributed by atoms with Crippen molar-refractivity contribution in [2.24, 2.45) is 0 Å². The second-order valence-corrected chi connectivity index (χ2v) is 5.15. The first-order chi connectivity index (χ1) is 11.3. The fraction of sp³-hybridized carbons (Fsp3) is 0.375. The second kappa shape index (κ2) is 7.15. The second-order valence-electron chi connectivity index (χ2n) is 5.15. The molecule has 1 aliphatic rings. The van der Waals surface area contributed by atoms with Gasteiger partial charge in [0.05, 0.1) is 26.0 Å². The van der Waals surface area contributed by atoms with Crippen LogP contribution in [0.5, 0.6) is 5.75 Å². The molecule has 1 saturated heterocycles. The third kappa shape index (κ3) is 3.62. The lowest BCUT2D eigenvalue weighted by atomic mass is 10.2. The van der Waals surface area contributed by atoms with Crippen molar-refractivity contribution in [1.82, 2.24) is 9.97 Å². The summed E-state index contributed by atoms with van der Waals surface area (Å²) in [6, 6.07) is 7.96. The van der Waals surface area contributed by atoms with Crippen LogP contribution in [0.3, 0.4) is 0 Å². The summed E-state index contributed by atoms with van der Waals surface area (Å²) in [6.07, 6.45) is 1.52. The van der Waals surface area contributed by atoms with Crippen molar-refractivity contribution in [3.8, 4) is 5.75 Å². The lowest BCUT2D eigenvalue weighted by molar-refractivity contribution is 0.122. The Kier molecular flexibility index (Phi) is 4.77. The number of rotatable bonds is 5. The molecule has 2 aromatic rings. The van der Waals surface area contributed by atoms with Crippen LogP contribution in [0.1, 0.15) is 0 Å². The molecule has 0 saturated carbocycles. The predicted molar refractivity (Wildman–Crippen MR) is 90.9 cm³/mol. The molecule has 2 N–H and O–H groups in total. The van der Waals surface area contributed by atoms with Gasteiger partial charge in [0, 0.05) is 38.0 Å². The van der Waals surface area contributed by atoms with E-state index in [9.17, 15) is 0 Å². The van der Waals surface area contributed by atoms with E-state index in [0.29, 0.717) is 5.82 Å². The van der Waals surface area contributed by atoms with Crippen LogP contribution in [0.15, 0.2) is 30.6 Å². The van der Waals surface area contributed by atoms with Crippen molar-refractivity contribution >= 4 is 23.0 Å². The highest BCUT2D eigenvalue weighted by atomic mass is 16.5. The van der Waals surface area contributed by atoms with Gasteiger partial charge in [0.15, 0.2) is 0 Å². The van der Waals surface area contributed by atoms with Crippen LogP contribution in [0, 0.1) is 0 Å². The van der Waals surface area contributed by atoms with E-state index in [1.54, 1.807) is 7.11 Å². The van der Waals surface area contributed by atoms with Crippen LogP contribution in [-0.2, 0) is 4.74 Å². The number of ether oxygens (including phenoxy) is 2. The minimum absolute atomic E-state index is 0.710. The molecule has 1 aliphatic heterocycles. The number of nitrogens with zero attached hydrogens (tertiary/aromatic N) is 3. The summed E-state index contributed by atoms with van der Waals surface area (Å²) < 4.78 is 10.9. The number of morpholine rings is 1. The maximum absolute atomic E-state index is 5.53. The Morgan fingerprint density at radius 1 is 1.13 bits per heavy atom. The van der Waals surface area contributed by atoms with Gasteiger partial charge in [-0.25, -0.2) is 9.97 Å².